The molecule has 1 unspecified atom stereocenters. The normalized spacial score (nSPS) is 21.2. The van der Waals surface area contributed by atoms with Crippen molar-refractivity contribution in [3.63, 3.8) is 0 Å². The van der Waals surface area contributed by atoms with E-state index in [9.17, 15) is 4.79 Å². The Hall–Kier alpha value is -2.34. The van der Waals surface area contributed by atoms with Crippen LogP contribution in [0.15, 0.2) is 30.6 Å². The van der Waals surface area contributed by atoms with Crippen molar-refractivity contribution in [2.45, 2.75) is 25.4 Å². The van der Waals surface area contributed by atoms with Crippen LogP contribution in [0.4, 0.5) is 5.69 Å². The molecule has 2 aromatic rings. The second-order valence-electron chi connectivity index (χ2n) is 6.44. The number of carbonyl (C=O) groups is 1. The van der Waals surface area contributed by atoms with Crippen molar-refractivity contribution >= 4 is 11.6 Å². The fraction of sp³-hybridized carbons (Fsp3) is 0.444. The van der Waals surface area contributed by atoms with E-state index in [0.29, 0.717) is 0 Å². The van der Waals surface area contributed by atoms with Crippen LogP contribution in [-0.4, -0.2) is 46.6 Å². The van der Waals surface area contributed by atoms with Crippen LogP contribution < -0.4 is 9.64 Å². The third kappa shape index (κ3) is 2.38. The minimum Gasteiger partial charge on any atom is -0.495 e. The highest BCUT2D eigenvalue weighted by atomic mass is 16.5. The first-order valence-corrected chi connectivity index (χ1v) is 8.36. The summed E-state index contributed by atoms with van der Waals surface area (Å²) in [5.74, 6) is 0.913. The molecule has 6 heteroatoms. The van der Waals surface area contributed by atoms with Crippen LogP contribution in [0.2, 0.25) is 0 Å². The Balaban J connectivity index is 1.54. The first-order chi connectivity index (χ1) is 11.7. The van der Waals surface area contributed by atoms with Gasteiger partial charge in [-0.2, -0.15) is 0 Å². The highest BCUT2D eigenvalue weighted by molar-refractivity contribution is 6.00. The summed E-state index contributed by atoms with van der Waals surface area (Å²) < 4.78 is 7.50. The molecule has 6 nitrogen and oxygen atoms in total. The number of hydrogen-bond donors (Lipinski definition) is 0. The molecule has 24 heavy (non-hydrogen) atoms. The fourth-order valence-corrected chi connectivity index (χ4v) is 3.84. The number of hydrogen-bond acceptors (Lipinski definition) is 4. The number of amides is 1. The number of para-hydroxylation sites is 2. The minimum absolute atomic E-state index is 0.0648. The molecule has 0 saturated carbocycles. The summed E-state index contributed by atoms with van der Waals surface area (Å²) in [6.45, 7) is 2.39. The van der Waals surface area contributed by atoms with Crippen LogP contribution in [-0.2, 0) is 24.8 Å². The van der Waals surface area contributed by atoms with Gasteiger partial charge in [-0.1, -0.05) is 12.1 Å². The van der Waals surface area contributed by atoms with E-state index < -0.39 is 0 Å². The van der Waals surface area contributed by atoms with Gasteiger partial charge in [-0.15, -0.1) is 0 Å². The number of carbonyl (C=O) groups excluding carboxylic acids is 1. The maximum atomic E-state index is 13.0. The molecule has 0 spiro atoms. The number of benzene rings is 1. The predicted octanol–water partition coefficient (Wildman–Crippen LogP) is 1.59. The molecule has 1 fully saturated rings. The lowest BCUT2D eigenvalue weighted by molar-refractivity contribution is -0.122. The van der Waals surface area contributed by atoms with Crippen LogP contribution in [0, 0.1) is 0 Å². The fourth-order valence-electron chi connectivity index (χ4n) is 3.84. The van der Waals surface area contributed by atoms with Gasteiger partial charge in [0.25, 0.3) is 0 Å². The Morgan fingerprint density at radius 2 is 2.08 bits per heavy atom. The molecule has 0 bridgehead atoms. The molecule has 0 N–H and O–H groups in total. The molecule has 1 amide bonds. The molecule has 126 valence electrons. The van der Waals surface area contributed by atoms with Crippen LogP contribution >= 0.6 is 0 Å². The molecular formula is C18H22N4O2. The molecule has 0 aliphatic carbocycles. The van der Waals surface area contributed by atoms with E-state index in [1.54, 1.807) is 7.11 Å². The standard InChI is InChI=1S/C18H22N4O2/c1-20-12-19-13-11-21(9-7-14(13)20)16-8-10-22(18(16)23)15-5-3-4-6-17(15)24-2/h3-6,12,16H,7-11H2,1-2H3. The Bertz CT molecular complexity index is 770. The summed E-state index contributed by atoms with van der Waals surface area (Å²) in [5.41, 5.74) is 3.26. The summed E-state index contributed by atoms with van der Waals surface area (Å²) >= 11 is 0. The zero-order valence-electron chi connectivity index (χ0n) is 14.1. The average molecular weight is 326 g/mol. The number of methoxy groups -OCH3 is 1. The highest BCUT2D eigenvalue weighted by Gasteiger charge is 2.39. The van der Waals surface area contributed by atoms with Crippen LogP contribution in [0.1, 0.15) is 17.8 Å². The Morgan fingerprint density at radius 3 is 2.92 bits per heavy atom. The van der Waals surface area contributed by atoms with Crippen LogP contribution in [0.5, 0.6) is 5.75 Å². The van der Waals surface area contributed by atoms with Crippen molar-refractivity contribution in [3.8, 4) is 5.75 Å². The second kappa shape index (κ2) is 5.94. The Kier molecular flexibility index (Phi) is 3.76. The minimum atomic E-state index is -0.0648. The molecule has 1 aromatic carbocycles. The molecule has 0 radical (unpaired) electrons. The van der Waals surface area contributed by atoms with Gasteiger partial charge in [0.05, 0.1) is 30.9 Å². The van der Waals surface area contributed by atoms with Crippen molar-refractivity contribution in [2.75, 3.05) is 25.1 Å². The molecular weight excluding hydrogens is 304 g/mol. The largest absolute Gasteiger partial charge is 0.495 e. The van der Waals surface area contributed by atoms with Crippen molar-refractivity contribution in [2.24, 2.45) is 7.05 Å². The smallest absolute Gasteiger partial charge is 0.244 e. The number of rotatable bonds is 3. The number of aromatic nitrogens is 2. The van der Waals surface area contributed by atoms with Gasteiger partial charge in [0, 0.05) is 38.8 Å². The third-order valence-corrected chi connectivity index (χ3v) is 5.13. The van der Waals surface area contributed by atoms with Gasteiger partial charge >= 0.3 is 0 Å². The Morgan fingerprint density at radius 1 is 1.25 bits per heavy atom. The lowest BCUT2D eigenvalue weighted by atomic mass is 10.1. The maximum absolute atomic E-state index is 13.0. The molecule has 3 heterocycles. The average Bonchev–Trinajstić information content (AvgIpc) is 3.17. The number of nitrogens with zero attached hydrogens (tertiary/aromatic N) is 4. The zero-order chi connectivity index (χ0) is 16.7. The van der Waals surface area contributed by atoms with Crippen molar-refractivity contribution in [1.82, 2.24) is 14.5 Å². The summed E-state index contributed by atoms with van der Waals surface area (Å²) in [5, 5.41) is 0. The van der Waals surface area contributed by atoms with Gasteiger partial charge in [0.2, 0.25) is 5.91 Å². The number of anilines is 1. The summed E-state index contributed by atoms with van der Waals surface area (Å²) in [6.07, 6.45) is 3.66. The van der Waals surface area contributed by atoms with Crippen LogP contribution in [0.25, 0.3) is 0 Å². The lowest BCUT2D eigenvalue weighted by Gasteiger charge is -2.31. The van der Waals surface area contributed by atoms with Gasteiger partial charge in [0.15, 0.2) is 0 Å². The van der Waals surface area contributed by atoms with Gasteiger partial charge in [-0.05, 0) is 18.6 Å². The molecule has 4 rings (SSSR count). The molecule has 1 atom stereocenters. The predicted molar refractivity (Wildman–Crippen MR) is 91.1 cm³/mol. The third-order valence-electron chi connectivity index (χ3n) is 5.13. The van der Waals surface area contributed by atoms with Gasteiger partial charge < -0.3 is 14.2 Å². The lowest BCUT2D eigenvalue weighted by Crippen LogP contribution is -2.44. The summed E-state index contributed by atoms with van der Waals surface area (Å²) in [7, 11) is 3.68. The monoisotopic (exact) mass is 326 g/mol. The van der Waals surface area contributed by atoms with E-state index in [4.69, 9.17) is 4.74 Å². The van der Waals surface area contributed by atoms with Gasteiger partial charge in [-0.3, -0.25) is 9.69 Å². The number of aryl methyl sites for hydroxylation is 1. The van der Waals surface area contributed by atoms with Gasteiger partial charge in [-0.25, -0.2) is 4.98 Å². The van der Waals surface area contributed by atoms with Gasteiger partial charge in [0.1, 0.15) is 5.75 Å². The molecule has 1 saturated heterocycles. The second-order valence-corrected chi connectivity index (χ2v) is 6.44. The summed E-state index contributed by atoms with van der Waals surface area (Å²) in [4.78, 5) is 21.6. The van der Waals surface area contributed by atoms with E-state index in [1.807, 2.05) is 42.5 Å². The SMILES string of the molecule is COc1ccccc1N1CCC(N2CCc3c(ncn3C)C2)C1=O. The molecule has 2 aliphatic heterocycles. The number of fused-ring (bicyclic) bond motifs is 1. The molecule has 2 aliphatic rings. The van der Waals surface area contributed by atoms with Crippen molar-refractivity contribution in [1.29, 1.82) is 0 Å². The van der Waals surface area contributed by atoms with E-state index >= 15 is 0 Å². The number of imidazole rings is 1. The number of ether oxygens (including phenoxy) is 1. The first kappa shape index (κ1) is 15.2. The van der Waals surface area contributed by atoms with E-state index in [-0.39, 0.29) is 11.9 Å². The van der Waals surface area contributed by atoms with E-state index in [2.05, 4.69) is 14.5 Å². The maximum Gasteiger partial charge on any atom is 0.244 e. The quantitative estimate of drug-likeness (QED) is 0.859. The Labute approximate surface area is 141 Å². The molecule has 1 aromatic heterocycles. The summed E-state index contributed by atoms with van der Waals surface area (Å²) in [6, 6.07) is 7.65. The van der Waals surface area contributed by atoms with Crippen LogP contribution in [0.3, 0.4) is 0 Å². The van der Waals surface area contributed by atoms with Crippen molar-refractivity contribution < 1.29 is 9.53 Å². The first-order valence-electron chi connectivity index (χ1n) is 8.36. The topological polar surface area (TPSA) is 50.6 Å². The zero-order valence-corrected chi connectivity index (χ0v) is 14.1. The highest BCUT2D eigenvalue weighted by Crippen LogP contribution is 2.33. The van der Waals surface area contributed by atoms with Crippen molar-refractivity contribution in [3.05, 3.63) is 42.0 Å². The van der Waals surface area contributed by atoms with E-state index in [0.717, 1.165) is 49.6 Å². The van der Waals surface area contributed by atoms with E-state index in [1.165, 1.54) is 5.69 Å².